The summed E-state index contributed by atoms with van der Waals surface area (Å²) < 4.78 is 6.72. The zero-order valence-corrected chi connectivity index (χ0v) is 25.5. The average molecular weight is 550 g/mol. The predicted molar refractivity (Wildman–Crippen MR) is 151 cm³/mol. The first kappa shape index (κ1) is 30.0. The zero-order chi connectivity index (χ0) is 23.3. The van der Waals surface area contributed by atoms with Crippen molar-refractivity contribution < 1.29 is 0 Å². The summed E-state index contributed by atoms with van der Waals surface area (Å²) in [7, 11) is 0. The molecular formula is C31H58Sn. The molecule has 0 unspecified atom stereocenters. The molecule has 0 saturated heterocycles. The Morgan fingerprint density at radius 3 is 1.09 bits per heavy atom. The van der Waals surface area contributed by atoms with Crippen LogP contribution in [0.15, 0.2) is 24.3 Å². The first-order valence-electron chi connectivity index (χ1n) is 14.8. The molecule has 0 saturated carbocycles. The second-order valence-electron chi connectivity index (χ2n) is 10.7. The molecule has 0 aliphatic rings. The van der Waals surface area contributed by atoms with Gasteiger partial charge in [0, 0.05) is 0 Å². The molecule has 0 bridgehead atoms. The number of aryl methyl sites for hydroxylation is 1. The fourth-order valence-corrected chi connectivity index (χ4v) is 20.5. The third kappa shape index (κ3) is 13.7. The minimum atomic E-state index is -2.33. The van der Waals surface area contributed by atoms with Gasteiger partial charge in [-0.1, -0.05) is 0 Å². The third-order valence-corrected chi connectivity index (χ3v) is 23.4. The van der Waals surface area contributed by atoms with Crippen LogP contribution in [0.5, 0.6) is 0 Å². The van der Waals surface area contributed by atoms with Gasteiger partial charge in [-0.3, -0.25) is 0 Å². The standard InChI is InChI=1S/3C8H17.C7H7.Sn/c3*1-3-5-7-8-6-4-2;1-7-5-3-2-4-6-7;/h3*1,3-8H2,2H3;3-6H,1H3;. The Hall–Kier alpha value is 0.0187. The monoisotopic (exact) mass is 550 g/mol. The van der Waals surface area contributed by atoms with Crippen LogP contribution in [-0.2, 0) is 0 Å². The van der Waals surface area contributed by atoms with Crippen LogP contribution in [0.2, 0.25) is 13.3 Å². The molecule has 0 fully saturated rings. The van der Waals surface area contributed by atoms with Gasteiger partial charge in [0.15, 0.2) is 0 Å². The molecule has 0 atom stereocenters. The van der Waals surface area contributed by atoms with Gasteiger partial charge < -0.3 is 0 Å². The van der Waals surface area contributed by atoms with Gasteiger partial charge >= 0.3 is 208 Å². The Labute approximate surface area is 207 Å². The van der Waals surface area contributed by atoms with E-state index < -0.39 is 18.4 Å². The van der Waals surface area contributed by atoms with Crippen LogP contribution < -0.4 is 3.58 Å². The van der Waals surface area contributed by atoms with Crippen LogP contribution in [0.3, 0.4) is 0 Å². The molecule has 0 N–H and O–H groups in total. The molecule has 0 heterocycles. The van der Waals surface area contributed by atoms with E-state index in [1.807, 2.05) is 3.58 Å². The SMILES string of the molecule is CCCCCCC[CH2][Sn]([CH2]CCCCCCC)([CH2]CCCCCCC)[c]1ccc(C)cc1. The van der Waals surface area contributed by atoms with Crippen molar-refractivity contribution in [3.8, 4) is 0 Å². The van der Waals surface area contributed by atoms with Gasteiger partial charge in [0.25, 0.3) is 0 Å². The molecule has 1 heteroatoms. The Kier molecular flexibility index (Phi) is 19.2. The van der Waals surface area contributed by atoms with Gasteiger partial charge in [-0.2, -0.15) is 0 Å². The molecule has 0 spiro atoms. The van der Waals surface area contributed by atoms with E-state index in [0.29, 0.717) is 0 Å². The summed E-state index contributed by atoms with van der Waals surface area (Å²) in [6, 6.07) is 10.0. The summed E-state index contributed by atoms with van der Waals surface area (Å²) in [4.78, 5) is 0. The molecule has 0 aliphatic heterocycles. The van der Waals surface area contributed by atoms with Crippen LogP contribution in [0.25, 0.3) is 0 Å². The van der Waals surface area contributed by atoms with Crippen LogP contribution in [0.1, 0.15) is 142 Å². The van der Waals surface area contributed by atoms with Crippen LogP contribution in [0.4, 0.5) is 0 Å². The van der Waals surface area contributed by atoms with E-state index in [-0.39, 0.29) is 0 Å². The molecule has 0 aromatic heterocycles. The summed E-state index contributed by atoms with van der Waals surface area (Å²) in [6.07, 6.45) is 26.2. The van der Waals surface area contributed by atoms with E-state index in [1.165, 1.54) is 121 Å². The van der Waals surface area contributed by atoms with E-state index in [4.69, 9.17) is 0 Å². The van der Waals surface area contributed by atoms with Crippen molar-refractivity contribution in [2.75, 3.05) is 0 Å². The van der Waals surface area contributed by atoms with E-state index >= 15 is 0 Å². The van der Waals surface area contributed by atoms with Gasteiger partial charge in [-0.15, -0.1) is 0 Å². The molecular weight excluding hydrogens is 491 g/mol. The molecule has 0 nitrogen and oxygen atoms in total. The van der Waals surface area contributed by atoms with Gasteiger partial charge in [-0.25, -0.2) is 0 Å². The van der Waals surface area contributed by atoms with Gasteiger partial charge in [-0.05, 0) is 0 Å². The molecule has 186 valence electrons. The second-order valence-corrected chi connectivity index (χ2v) is 23.9. The van der Waals surface area contributed by atoms with Gasteiger partial charge in [0.1, 0.15) is 0 Å². The fourth-order valence-electron chi connectivity index (χ4n) is 5.45. The first-order chi connectivity index (χ1) is 15.7. The number of hydrogen-bond acceptors (Lipinski definition) is 0. The maximum absolute atomic E-state index is 2.58. The number of hydrogen-bond donors (Lipinski definition) is 0. The number of benzene rings is 1. The van der Waals surface area contributed by atoms with Crippen molar-refractivity contribution in [2.24, 2.45) is 0 Å². The summed E-state index contributed by atoms with van der Waals surface area (Å²) >= 11 is -2.33. The average Bonchev–Trinajstić information content (AvgIpc) is 2.80. The Morgan fingerprint density at radius 1 is 0.438 bits per heavy atom. The number of rotatable bonds is 22. The van der Waals surface area contributed by atoms with Crippen LogP contribution in [0, 0.1) is 6.92 Å². The Bertz CT molecular complexity index is 477. The van der Waals surface area contributed by atoms with Crippen LogP contribution >= 0.6 is 0 Å². The summed E-state index contributed by atoms with van der Waals surface area (Å²) in [5.41, 5.74) is 1.44. The fraction of sp³-hybridized carbons (Fsp3) is 0.806. The van der Waals surface area contributed by atoms with E-state index in [9.17, 15) is 0 Å². The Morgan fingerprint density at radius 2 is 0.750 bits per heavy atom. The molecule has 0 amide bonds. The molecule has 1 aromatic carbocycles. The minimum absolute atomic E-state index is 1.36. The van der Waals surface area contributed by atoms with Crippen LogP contribution in [-0.4, -0.2) is 18.4 Å². The summed E-state index contributed by atoms with van der Waals surface area (Å²) in [6.45, 7) is 9.26. The maximum atomic E-state index is 2.58. The summed E-state index contributed by atoms with van der Waals surface area (Å²) in [5.74, 6) is 0. The zero-order valence-electron chi connectivity index (χ0n) is 22.7. The van der Waals surface area contributed by atoms with Crippen molar-refractivity contribution in [3.05, 3.63) is 29.8 Å². The molecule has 32 heavy (non-hydrogen) atoms. The van der Waals surface area contributed by atoms with Crippen molar-refractivity contribution in [1.29, 1.82) is 0 Å². The van der Waals surface area contributed by atoms with Crippen molar-refractivity contribution in [2.45, 2.75) is 157 Å². The van der Waals surface area contributed by atoms with E-state index in [0.717, 1.165) is 0 Å². The van der Waals surface area contributed by atoms with E-state index in [2.05, 4.69) is 52.0 Å². The molecule has 1 rings (SSSR count). The second kappa shape index (κ2) is 20.4. The quantitative estimate of drug-likeness (QED) is 0.0997. The topological polar surface area (TPSA) is 0 Å². The van der Waals surface area contributed by atoms with Crippen molar-refractivity contribution in [1.82, 2.24) is 0 Å². The number of unbranched alkanes of at least 4 members (excludes halogenated alkanes) is 15. The predicted octanol–water partition coefficient (Wildman–Crippen LogP) is 10.7. The third-order valence-electron chi connectivity index (χ3n) is 7.69. The Balaban J connectivity index is 2.78. The normalized spacial score (nSPS) is 11.9. The molecule has 0 aliphatic carbocycles. The summed E-state index contributed by atoms with van der Waals surface area (Å²) in [5, 5.41) is 0. The van der Waals surface area contributed by atoms with Crippen molar-refractivity contribution >= 4 is 22.0 Å². The van der Waals surface area contributed by atoms with Gasteiger partial charge in [0.05, 0.1) is 0 Å². The van der Waals surface area contributed by atoms with Crippen molar-refractivity contribution in [3.63, 3.8) is 0 Å². The van der Waals surface area contributed by atoms with Gasteiger partial charge in [0.2, 0.25) is 0 Å². The first-order valence-corrected chi connectivity index (χ1v) is 22.2. The molecule has 0 radical (unpaired) electrons. The molecule has 1 aromatic rings. The van der Waals surface area contributed by atoms with E-state index in [1.54, 1.807) is 13.3 Å².